The summed E-state index contributed by atoms with van der Waals surface area (Å²) in [5.74, 6) is -0.942. The van der Waals surface area contributed by atoms with E-state index in [2.05, 4.69) is 0 Å². The normalized spacial score (nSPS) is 10.2. The largest absolute Gasteiger partial charge is 0.497 e. The summed E-state index contributed by atoms with van der Waals surface area (Å²) in [5, 5.41) is 8.42. The minimum atomic E-state index is -1.16. The van der Waals surface area contributed by atoms with Crippen molar-refractivity contribution >= 4 is 17.6 Å². The minimum Gasteiger partial charge on any atom is -0.497 e. The maximum atomic E-state index is 11.6. The Morgan fingerprint density at radius 2 is 2.06 bits per heavy atom. The summed E-state index contributed by atoms with van der Waals surface area (Å²) in [6.07, 6.45) is 1.81. The van der Waals surface area contributed by atoms with Crippen molar-refractivity contribution in [3.63, 3.8) is 0 Å². The van der Waals surface area contributed by atoms with Gasteiger partial charge in [-0.25, -0.2) is 4.79 Å². The second-order valence-electron chi connectivity index (χ2n) is 3.27. The van der Waals surface area contributed by atoms with Gasteiger partial charge in [-0.3, -0.25) is 4.79 Å². The van der Waals surface area contributed by atoms with Gasteiger partial charge in [0.15, 0.2) is 0 Å². The first-order chi connectivity index (χ1) is 8.04. The molecule has 0 heterocycles. The van der Waals surface area contributed by atoms with E-state index in [-0.39, 0.29) is 0 Å². The van der Waals surface area contributed by atoms with Crippen LogP contribution < -0.4 is 9.64 Å². The smallest absolute Gasteiger partial charge is 0.328 e. The van der Waals surface area contributed by atoms with E-state index < -0.39 is 11.9 Å². The van der Waals surface area contributed by atoms with E-state index in [1.54, 1.807) is 31.3 Å². The van der Waals surface area contributed by atoms with Gasteiger partial charge in [0.1, 0.15) is 5.75 Å². The van der Waals surface area contributed by atoms with Crippen molar-refractivity contribution in [2.45, 2.75) is 0 Å². The van der Waals surface area contributed by atoms with Crippen LogP contribution in [0.15, 0.2) is 36.4 Å². The fraction of sp³-hybridized carbons (Fsp3) is 0.167. The second-order valence-corrected chi connectivity index (χ2v) is 3.27. The zero-order chi connectivity index (χ0) is 12.8. The number of likely N-dealkylation sites (N-methyl/N-ethyl adjacent to an activating group) is 1. The molecule has 0 saturated heterocycles. The number of nitrogens with zero attached hydrogens (tertiary/aromatic N) is 1. The number of rotatable bonds is 4. The molecule has 0 spiro atoms. The van der Waals surface area contributed by atoms with E-state index >= 15 is 0 Å². The standard InChI is InChI=1S/C12H13NO4/c1-13(11(14)6-7-12(15)16)9-4-3-5-10(8-9)17-2/h3-8H,1-2H3,(H,15,16). The van der Waals surface area contributed by atoms with Gasteiger partial charge in [0.25, 0.3) is 5.91 Å². The number of benzene rings is 1. The molecule has 5 nitrogen and oxygen atoms in total. The van der Waals surface area contributed by atoms with Crippen molar-refractivity contribution in [1.29, 1.82) is 0 Å². The van der Waals surface area contributed by atoms with Crippen LogP contribution in [-0.4, -0.2) is 31.1 Å². The number of hydrogen-bond donors (Lipinski definition) is 1. The second kappa shape index (κ2) is 5.69. The number of methoxy groups -OCH3 is 1. The molecule has 0 saturated carbocycles. The van der Waals surface area contributed by atoms with Crippen LogP contribution in [0.1, 0.15) is 0 Å². The highest BCUT2D eigenvalue weighted by molar-refractivity contribution is 6.03. The first-order valence-electron chi connectivity index (χ1n) is 4.87. The van der Waals surface area contributed by atoms with Gasteiger partial charge >= 0.3 is 5.97 Å². The lowest BCUT2D eigenvalue weighted by atomic mass is 10.2. The van der Waals surface area contributed by atoms with E-state index in [4.69, 9.17) is 9.84 Å². The SMILES string of the molecule is COc1cccc(N(C)C(=O)C=CC(=O)O)c1. The molecule has 0 fully saturated rings. The maximum Gasteiger partial charge on any atom is 0.328 e. The number of hydrogen-bond acceptors (Lipinski definition) is 3. The molecule has 0 aliphatic carbocycles. The van der Waals surface area contributed by atoms with Crippen LogP contribution in [-0.2, 0) is 9.59 Å². The predicted octanol–water partition coefficient (Wildman–Crippen LogP) is 1.30. The summed E-state index contributed by atoms with van der Waals surface area (Å²) in [4.78, 5) is 23.2. The zero-order valence-electron chi connectivity index (χ0n) is 9.58. The molecule has 0 bridgehead atoms. The molecule has 1 aromatic rings. The Hall–Kier alpha value is -2.30. The average Bonchev–Trinajstić information content (AvgIpc) is 2.35. The van der Waals surface area contributed by atoms with Crippen molar-refractivity contribution < 1.29 is 19.4 Å². The van der Waals surface area contributed by atoms with Gasteiger partial charge in [-0.05, 0) is 12.1 Å². The van der Waals surface area contributed by atoms with Crippen molar-refractivity contribution in [3.8, 4) is 5.75 Å². The summed E-state index contributed by atoms with van der Waals surface area (Å²) < 4.78 is 5.03. The van der Waals surface area contributed by atoms with Gasteiger partial charge in [0, 0.05) is 31.0 Å². The van der Waals surface area contributed by atoms with Gasteiger partial charge in [-0.2, -0.15) is 0 Å². The molecule has 0 aliphatic heterocycles. The molecule has 0 radical (unpaired) electrons. The number of ether oxygens (including phenoxy) is 1. The average molecular weight is 235 g/mol. The van der Waals surface area contributed by atoms with E-state index in [1.807, 2.05) is 0 Å². The fourth-order valence-corrected chi connectivity index (χ4v) is 1.20. The zero-order valence-corrected chi connectivity index (χ0v) is 9.58. The van der Waals surface area contributed by atoms with Crippen molar-refractivity contribution in [2.75, 3.05) is 19.1 Å². The van der Waals surface area contributed by atoms with E-state index in [0.717, 1.165) is 12.2 Å². The van der Waals surface area contributed by atoms with E-state index in [1.165, 1.54) is 12.0 Å². The van der Waals surface area contributed by atoms with Gasteiger partial charge < -0.3 is 14.7 Å². The monoisotopic (exact) mass is 235 g/mol. The molecule has 0 unspecified atom stereocenters. The molecule has 90 valence electrons. The van der Waals surface area contributed by atoms with Crippen LogP contribution in [0.4, 0.5) is 5.69 Å². The Labute approximate surface area is 98.9 Å². The number of carbonyl (C=O) groups excluding carboxylic acids is 1. The predicted molar refractivity (Wildman–Crippen MR) is 63.2 cm³/mol. The van der Waals surface area contributed by atoms with Crippen molar-refractivity contribution in [3.05, 3.63) is 36.4 Å². The van der Waals surface area contributed by atoms with Crippen LogP contribution in [0, 0.1) is 0 Å². The number of anilines is 1. The molecule has 0 aromatic heterocycles. The number of carboxylic acids is 1. The van der Waals surface area contributed by atoms with Gasteiger partial charge in [-0.15, -0.1) is 0 Å². The lowest BCUT2D eigenvalue weighted by Gasteiger charge is -2.15. The Morgan fingerprint density at radius 3 is 2.65 bits per heavy atom. The summed E-state index contributed by atoms with van der Waals surface area (Å²) in [7, 11) is 3.09. The molecule has 1 rings (SSSR count). The Morgan fingerprint density at radius 1 is 1.35 bits per heavy atom. The van der Waals surface area contributed by atoms with E-state index in [0.29, 0.717) is 11.4 Å². The molecule has 1 aromatic carbocycles. The van der Waals surface area contributed by atoms with Gasteiger partial charge in [0.2, 0.25) is 0 Å². The fourth-order valence-electron chi connectivity index (χ4n) is 1.20. The van der Waals surface area contributed by atoms with Crippen LogP contribution in [0.5, 0.6) is 5.75 Å². The number of aliphatic carboxylic acids is 1. The molecule has 1 N–H and O–H groups in total. The van der Waals surface area contributed by atoms with Crippen LogP contribution >= 0.6 is 0 Å². The van der Waals surface area contributed by atoms with Crippen LogP contribution in [0.3, 0.4) is 0 Å². The topological polar surface area (TPSA) is 66.8 Å². The third-order valence-corrected chi connectivity index (χ3v) is 2.14. The van der Waals surface area contributed by atoms with E-state index in [9.17, 15) is 9.59 Å². The first kappa shape index (κ1) is 12.8. The quantitative estimate of drug-likeness (QED) is 0.799. The van der Waals surface area contributed by atoms with Gasteiger partial charge in [-0.1, -0.05) is 6.07 Å². The Kier molecular flexibility index (Phi) is 4.28. The summed E-state index contributed by atoms with van der Waals surface area (Å²) in [6, 6.07) is 6.93. The highest BCUT2D eigenvalue weighted by atomic mass is 16.5. The summed E-state index contributed by atoms with van der Waals surface area (Å²) in [6.45, 7) is 0. The highest BCUT2D eigenvalue weighted by Gasteiger charge is 2.08. The van der Waals surface area contributed by atoms with Crippen LogP contribution in [0.25, 0.3) is 0 Å². The first-order valence-corrected chi connectivity index (χ1v) is 4.87. The summed E-state index contributed by atoms with van der Waals surface area (Å²) >= 11 is 0. The lowest BCUT2D eigenvalue weighted by Crippen LogP contribution is -2.24. The molecule has 0 aliphatic rings. The van der Waals surface area contributed by atoms with Gasteiger partial charge in [0.05, 0.1) is 7.11 Å². The summed E-state index contributed by atoms with van der Waals surface area (Å²) in [5.41, 5.74) is 0.629. The Bertz CT molecular complexity index is 454. The van der Waals surface area contributed by atoms with Crippen LogP contribution in [0.2, 0.25) is 0 Å². The van der Waals surface area contributed by atoms with Crippen molar-refractivity contribution in [1.82, 2.24) is 0 Å². The number of amides is 1. The molecular weight excluding hydrogens is 222 g/mol. The van der Waals surface area contributed by atoms with Crippen molar-refractivity contribution in [2.24, 2.45) is 0 Å². The molecule has 5 heteroatoms. The maximum absolute atomic E-state index is 11.6. The number of carboxylic acid groups (broad SMARTS) is 1. The molecule has 0 atom stereocenters. The molecule has 17 heavy (non-hydrogen) atoms. The highest BCUT2D eigenvalue weighted by Crippen LogP contribution is 2.19. The Balaban J connectivity index is 2.84. The minimum absolute atomic E-state index is 0.416. The molecule has 1 amide bonds. The third kappa shape index (κ3) is 3.64. The number of carbonyl (C=O) groups is 2. The molecular formula is C12H13NO4. The third-order valence-electron chi connectivity index (χ3n) is 2.14. The lowest BCUT2D eigenvalue weighted by molar-refractivity contribution is -0.131.